The highest BCUT2D eigenvalue weighted by atomic mass is 32.2. The number of hydrogen-bond donors (Lipinski definition) is 7. The third-order valence-corrected chi connectivity index (χ3v) is 15.9. The van der Waals surface area contributed by atoms with Gasteiger partial charge in [0.2, 0.25) is 0 Å². The molecule has 4 fully saturated rings. The molecule has 0 aromatic heterocycles. The summed E-state index contributed by atoms with van der Waals surface area (Å²) in [6.07, 6.45) is 0.876. The first-order valence-corrected chi connectivity index (χ1v) is 27.4. The van der Waals surface area contributed by atoms with E-state index in [9.17, 15) is 20.4 Å². The summed E-state index contributed by atoms with van der Waals surface area (Å²) in [5.41, 5.74) is 16.5. The zero-order chi connectivity index (χ0) is 49.0. The van der Waals surface area contributed by atoms with E-state index < -0.39 is 29.8 Å². The van der Waals surface area contributed by atoms with Crippen molar-refractivity contribution >= 4 is 11.8 Å². The van der Waals surface area contributed by atoms with Crippen LogP contribution in [-0.2, 0) is 18.9 Å². The van der Waals surface area contributed by atoms with Crippen LogP contribution in [0.3, 0.4) is 0 Å². The molecule has 4 unspecified atom stereocenters. The Hall–Kier alpha value is -0.410. The van der Waals surface area contributed by atoms with Gasteiger partial charge < -0.3 is 56.6 Å². The molecule has 0 amide bonds. The lowest BCUT2D eigenvalue weighted by atomic mass is 9.92. The Balaban J connectivity index is 1.35. The molecule has 4 aliphatic rings. The molecule has 0 aliphatic carbocycles. The van der Waals surface area contributed by atoms with Crippen LogP contribution in [0.5, 0.6) is 0 Å². The molecule has 4 rings (SSSR count). The average Bonchev–Trinajstić information content (AvgIpc) is 3.32. The lowest BCUT2D eigenvalue weighted by Gasteiger charge is -2.37. The summed E-state index contributed by atoms with van der Waals surface area (Å²) in [5.74, 6) is 1.14. The van der Waals surface area contributed by atoms with Crippen LogP contribution in [-0.4, -0.2) is 324 Å². The molecule has 0 radical (unpaired) electrons. The molecule has 0 aromatic rings. The van der Waals surface area contributed by atoms with Crippen LogP contribution in [0.2, 0.25) is 0 Å². The third-order valence-electron chi connectivity index (χ3n) is 14.3. The number of piperazine rings is 4. The first kappa shape index (κ1) is 60.1. The highest BCUT2D eigenvalue weighted by Crippen LogP contribution is 2.33. The molecule has 20 heteroatoms. The maximum atomic E-state index is 11.3. The fourth-order valence-electron chi connectivity index (χ4n) is 9.93. The maximum absolute atomic E-state index is 11.3. The van der Waals surface area contributed by atoms with Gasteiger partial charge in [-0.05, 0) is 12.8 Å². The van der Waals surface area contributed by atoms with Crippen LogP contribution >= 0.6 is 11.8 Å². The molecule has 0 bridgehead atoms. The third kappa shape index (κ3) is 24.1. The number of β-amino-alcohol motifs (C(OH)–C–C–N with tert-alkyl or cyclic N) is 4. The molecular formula is C48H101N11O8S. The number of hydrogen-bond acceptors (Lipinski definition) is 20. The second-order valence-corrected chi connectivity index (χ2v) is 22.2. The average molecular weight is 992 g/mol. The molecule has 5 atom stereocenters. The standard InChI is InChI=1S/C48H101N11O8S/c1-4-6-47(3,5-2)68-30-29-55-19-27-59(28-20-55)34-46(63)38-67-42-48(39-64-35-43(60)31-56-21-13-52(10-7-49)14-22-56,40-65-36-44(61)32-57-23-15-53(11-8-50)16-24-57)41-66-37-45(62)33-58-25-17-54(12-9-51)18-26-58/h43-46,60-63H,4-42,49-51H2,1-3H3/t43?,44?,45?,46?,47-,48?/m0/s1. The predicted molar refractivity (Wildman–Crippen MR) is 274 cm³/mol. The van der Waals surface area contributed by atoms with E-state index in [1.54, 1.807) is 0 Å². The monoisotopic (exact) mass is 992 g/mol. The molecule has 402 valence electrons. The molecule has 4 saturated heterocycles. The van der Waals surface area contributed by atoms with Crippen molar-refractivity contribution in [2.24, 2.45) is 22.6 Å². The smallest absolute Gasteiger partial charge is 0.0900 e. The van der Waals surface area contributed by atoms with Crippen LogP contribution in [0.15, 0.2) is 0 Å². The van der Waals surface area contributed by atoms with Crippen LogP contribution in [0.4, 0.5) is 0 Å². The number of rotatable bonds is 37. The summed E-state index contributed by atoms with van der Waals surface area (Å²) >= 11 is 2.11. The van der Waals surface area contributed by atoms with Crippen LogP contribution < -0.4 is 17.2 Å². The topological polar surface area (TPSA) is 222 Å². The molecule has 4 heterocycles. The summed E-state index contributed by atoms with van der Waals surface area (Å²) in [7, 11) is 0. The second kappa shape index (κ2) is 34.1. The van der Waals surface area contributed by atoms with Crippen molar-refractivity contribution < 1.29 is 39.4 Å². The van der Waals surface area contributed by atoms with Gasteiger partial charge in [-0.2, -0.15) is 11.8 Å². The van der Waals surface area contributed by atoms with Gasteiger partial charge in [0.1, 0.15) is 0 Å². The Labute approximate surface area is 416 Å². The van der Waals surface area contributed by atoms with Gasteiger partial charge in [0.05, 0.1) is 82.7 Å². The molecule has 0 aromatic carbocycles. The maximum Gasteiger partial charge on any atom is 0.0900 e. The highest BCUT2D eigenvalue weighted by molar-refractivity contribution is 8.00. The number of aliphatic hydroxyl groups is 4. The number of thioether (sulfide) groups is 1. The summed E-state index contributed by atoms with van der Waals surface area (Å²) in [6, 6.07) is 0. The Kier molecular flexibility index (Phi) is 30.2. The fraction of sp³-hybridized carbons (Fsp3) is 1.00. The van der Waals surface area contributed by atoms with Crippen molar-refractivity contribution in [1.29, 1.82) is 0 Å². The molecule has 19 nitrogen and oxygen atoms in total. The number of nitrogens with zero attached hydrogens (tertiary/aromatic N) is 8. The first-order valence-electron chi connectivity index (χ1n) is 26.5. The molecule has 68 heavy (non-hydrogen) atoms. The predicted octanol–water partition coefficient (Wildman–Crippen LogP) is -2.47. The van der Waals surface area contributed by atoms with Crippen LogP contribution in [0, 0.1) is 5.41 Å². The van der Waals surface area contributed by atoms with Gasteiger partial charge in [-0.1, -0.05) is 27.2 Å². The van der Waals surface area contributed by atoms with Crippen molar-refractivity contribution in [3.8, 4) is 0 Å². The van der Waals surface area contributed by atoms with E-state index in [0.29, 0.717) is 50.6 Å². The van der Waals surface area contributed by atoms with Crippen LogP contribution in [0.1, 0.15) is 40.0 Å². The summed E-state index contributed by atoms with van der Waals surface area (Å²) < 4.78 is 25.8. The van der Waals surface area contributed by atoms with Gasteiger partial charge in [0, 0.05) is 187 Å². The Morgan fingerprint density at radius 1 is 0.441 bits per heavy atom. The number of ether oxygens (including phenoxy) is 4. The van der Waals surface area contributed by atoms with Crippen molar-refractivity contribution in [1.82, 2.24) is 39.2 Å². The summed E-state index contributed by atoms with van der Waals surface area (Å²) in [5, 5.41) is 44.8. The summed E-state index contributed by atoms with van der Waals surface area (Å²) in [4.78, 5) is 18.7. The number of nitrogens with two attached hydrogens (primary N) is 3. The highest BCUT2D eigenvalue weighted by Gasteiger charge is 2.35. The van der Waals surface area contributed by atoms with Gasteiger partial charge in [-0.15, -0.1) is 0 Å². The van der Waals surface area contributed by atoms with Gasteiger partial charge in [-0.25, -0.2) is 0 Å². The molecule has 10 N–H and O–H groups in total. The Morgan fingerprint density at radius 2 is 0.706 bits per heavy atom. The zero-order valence-electron chi connectivity index (χ0n) is 43.0. The second-order valence-electron chi connectivity index (χ2n) is 20.5. The number of aliphatic hydroxyl groups excluding tert-OH is 4. The summed E-state index contributed by atoms with van der Waals surface area (Å²) in [6.45, 7) is 30.3. The largest absolute Gasteiger partial charge is 0.389 e. The van der Waals surface area contributed by atoms with Gasteiger partial charge in [-0.3, -0.25) is 39.2 Å². The van der Waals surface area contributed by atoms with Crippen molar-refractivity contribution in [2.75, 3.05) is 235 Å². The van der Waals surface area contributed by atoms with Crippen molar-refractivity contribution in [3.63, 3.8) is 0 Å². The molecule has 0 saturated carbocycles. The Morgan fingerprint density at radius 3 is 0.956 bits per heavy atom. The van der Waals surface area contributed by atoms with E-state index in [4.69, 9.17) is 36.1 Å². The van der Waals surface area contributed by atoms with E-state index in [0.717, 1.165) is 137 Å². The molecule has 0 spiro atoms. The van der Waals surface area contributed by atoms with E-state index in [1.165, 1.54) is 19.3 Å². The lowest BCUT2D eigenvalue weighted by Crippen LogP contribution is -2.51. The minimum atomic E-state index is -0.858. The van der Waals surface area contributed by atoms with Crippen molar-refractivity contribution in [2.45, 2.75) is 69.2 Å². The van der Waals surface area contributed by atoms with Gasteiger partial charge in [0.15, 0.2) is 0 Å². The van der Waals surface area contributed by atoms with Crippen molar-refractivity contribution in [3.05, 3.63) is 0 Å². The van der Waals surface area contributed by atoms with E-state index in [1.807, 2.05) is 0 Å². The minimum Gasteiger partial charge on any atom is -0.389 e. The SMILES string of the molecule is CCC[C@](C)(CC)SCCN1CCN(CC(O)COCC(COCC(O)CN2CCN(CCN)CC2)(COCC(O)CN2CCN(CCN)CC2)COCC(O)CN2CCN(CCN)CC2)CC1. The van der Waals surface area contributed by atoms with E-state index in [2.05, 4.69) is 71.7 Å². The van der Waals surface area contributed by atoms with E-state index >= 15 is 0 Å². The fourth-order valence-corrected chi connectivity index (χ4v) is 11.3. The quantitative estimate of drug-likeness (QED) is 0.0343. The molecule has 4 aliphatic heterocycles. The minimum absolute atomic E-state index is 0.117. The first-order chi connectivity index (χ1) is 32.9. The van der Waals surface area contributed by atoms with Crippen LogP contribution in [0.25, 0.3) is 0 Å². The van der Waals surface area contributed by atoms with Gasteiger partial charge >= 0.3 is 0 Å². The van der Waals surface area contributed by atoms with E-state index in [-0.39, 0.29) is 52.9 Å². The normalized spacial score (nSPS) is 23.4. The molecular weight excluding hydrogens is 891 g/mol. The Bertz CT molecular complexity index is 1150. The lowest BCUT2D eigenvalue weighted by molar-refractivity contribution is -0.135. The van der Waals surface area contributed by atoms with Gasteiger partial charge in [0.25, 0.3) is 0 Å². The zero-order valence-corrected chi connectivity index (χ0v) is 43.8.